The lowest BCUT2D eigenvalue weighted by Crippen LogP contribution is -2.59. The van der Waals surface area contributed by atoms with Crippen LogP contribution in [0.4, 0.5) is 0 Å². The number of ether oxygens (including phenoxy) is 7. The Labute approximate surface area is 239 Å². The van der Waals surface area contributed by atoms with Gasteiger partial charge >= 0.3 is 0 Å². The average molecular weight is 568 g/mol. The normalized spacial score (nSPS) is 29.9. The second-order valence-electron chi connectivity index (χ2n) is 11.4. The second kappa shape index (κ2) is 11.6. The number of nitrogens with zero attached hydrogens (tertiary/aromatic N) is 1. The molecule has 1 aromatic heterocycles. The second-order valence-corrected chi connectivity index (χ2v) is 12.3. The molecule has 8 nitrogen and oxygen atoms in total. The van der Waals surface area contributed by atoms with Crippen LogP contribution in [0, 0.1) is 0 Å². The molecule has 214 valence electrons. The van der Waals surface area contributed by atoms with Crippen LogP contribution < -0.4 is 0 Å². The molecule has 0 spiro atoms. The molecule has 0 bridgehead atoms. The zero-order chi connectivity index (χ0) is 27.7. The van der Waals surface area contributed by atoms with Crippen molar-refractivity contribution in [1.29, 1.82) is 0 Å². The van der Waals surface area contributed by atoms with Crippen molar-refractivity contribution in [3.05, 3.63) is 88.4 Å². The molecule has 0 amide bonds. The van der Waals surface area contributed by atoms with E-state index in [0.29, 0.717) is 19.6 Å². The van der Waals surface area contributed by atoms with Crippen LogP contribution in [0.2, 0.25) is 0 Å². The predicted octanol–water partition coefficient (Wildman–Crippen LogP) is 5.77. The van der Waals surface area contributed by atoms with Crippen LogP contribution in [-0.2, 0) is 46.4 Å². The first kappa shape index (κ1) is 27.9. The van der Waals surface area contributed by atoms with Crippen molar-refractivity contribution in [1.82, 2.24) is 4.98 Å². The van der Waals surface area contributed by atoms with Crippen LogP contribution in [0.3, 0.4) is 0 Å². The number of rotatable bonds is 10. The molecule has 0 N–H and O–H groups in total. The van der Waals surface area contributed by atoms with Gasteiger partial charge in [0.15, 0.2) is 17.9 Å². The summed E-state index contributed by atoms with van der Waals surface area (Å²) in [5.74, 6) is -1.60. The molecule has 3 aliphatic rings. The van der Waals surface area contributed by atoms with Crippen molar-refractivity contribution in [2.24, 2.45) is 0 Å². The van der Waals surface area contributed by atoms with Crippen molar-refractivity contribution in [3.8, 4) is 0 Å². The highest BCUT2D eigenvalue weighted by Crippen LogP contribution is 2.46. The van der Waals surface area contributed by atoms with Gasteiger partial charge in [0.25, 0.3) is 0 Å². The van der Waals surface area contributed by atoms with E-state index in [1.165, 1.54) is 0 Å². The van der Waals surface area contributed by atoms with E-state index in [9.17, 15) is 0 Å². The van der Waals surface area contributed by atoms with E-state index in [4.69, 9.17) is 33.2 Å². The van der Waals surface area contributed by atoms with Gasteiger partial charge in [-0.1, -0.05) is 60.7 Å². The van der Waals surface area contributed by atoms with E-state index in [1.54, 1.807) is 17.5 Å². The quantitative estimate of drug-likeness (QED) is 0.306. The van der Waals surface area contributed by atoms with Gasteiger partial charge in [-0.15, -0.1) is 11.3 Å². The lowest BCUT2D eigenvalue weighted by molar-refractivity contribution is -0.261. The molecule has 9 heteroatoms. The van der Waals surface area contributed by atoms with E-state index in [-0.39, 0.29) is 12.2 Å². The van der Waals surface area contributed by atoms with E-state index >= 15 is 0 Å². The molecule has 6 rings (SSSR count). The van der Waals surface area contributed by atoms with E-state index in [1.807, 2.05) is 69.5 Å². The first-order chi connectivity index (χ1) is 19.3. The van der Waals surface area contributed by atoms with Gasteiger partial charge < -0.3 is 33.2 Å². The van der Waals surface area contributed by atoms with E-state index in [0.717, 1.165) is 16.1 Å². The minimum Gasteiger partial charge on any atom is -0.371 e. The van der Waals surface area contributed by atoms with Gasteiger partial charge in [0.05, 0.1) is 19.3 Å². The molecule has 3 saturated heterocycles. The van der Waals surface area contributed by atoms with Crippen molar-refractivity contribution in [2.75, 3.05) is 0 Å². The summed E-state index contributed by atoms with van der Waals surface area (Å²) < 4.78 is 45.0. The summed E-state index contributed by atoms with van der Waals surface area (Å²) in [4.78, 5) is 4.60. The average Bonchev–Trinajstić information content (AvgIpc) is 3.65. The number of fused-ring (bicyclic) bond motifs is 3. The van der Waals surface area contributed by atoms with Gasteiger partial charge in [-0.05, 0) is 38.8 Å². The summed E-state index contributed by atoms with van der Waals surface area (Å²) in [6.07, 6.45) is -0.700. The first-order valence-corrected chi connectivity index (χ1v) is 14.7. The zero-order valence-electron chi connectivity index (χ0n) is 23.3. The summed E-state index contributed by atoms with van der Waals surface area (Å²) >= 11 is 1.57. The molecule has 40 heavy (non-hydrogen) atoms. The molecule has 3 aliphatic heterocycles. The van der Waals surface area contributed by atoms with Crippen molar-refractivity contribution in [2.45, 2.75) is 102 Å². The van der Waals surface area contributed by atoms with Crippen molar-refractivity contribution in [3.63, 3.8) is 0 Å². The zero-order valence-corrected chi connectivity index (χ0v) is 24.1. The Morgan fingerprint density at radius 1 is 0.775 bits per heavy atom. The Bertz CT molecular complexity index is 1220. The van der Waals surface area contributed by atoms with Gasteiger partial charge in [-0.2, -0.15) is 0 Å². The smallest absolute Gasteiger partial charge is 0.190 e. The molecule has 2 aromatic carbocycles. The third kappa shape index (κ3) is 6.32. The molecule has 3 fully saturated rings. The molecular weight excluding hydrogens is 530 g/mol. The number of aromatic nitrogens is 1. The van der Waals surface area contributed by atoms with Gasteiger partial charge in [0.1, 0.15) is 35.5 Å². The van der Waals surface area contributed by atoms with Crippen LogP contribution in [0.15, 0.2) is 72.2 Å². The van der Waals surface area contributed by atoms with Crippen LogP contribution in [0.1, 0.15) is 56.4 Å². The lowest BCUT2D eigenvalue weighted by atomic mass is 9.92. The summed E-state index contributed by atoms with van der Waals surface area (Å²) in [7, 11) is 0. The Morgan fingerprint density at radius 2 is 1.38 bits per heavy atom. The predicted molar refractivity (Wildman–Crippen MR) is 148 cm³/mol. The number of thiazole rings is 1. The Morgan fingerprint density at radius 3 is 2.02 bits per heavy atom. The maximum Gasteiger partial charge on any atom is 0.190 e. The molecular formula is C31H37NO7S. The highest BCUT2D eigenvalue weighted by atomic mass is 32.1. The maximum atomic E-state index is 6.66. The minimum absolute atomic E-state index is 0.312. The Balaban J connectivity index is 1.29. The summed E-state index contributed by atoms with van der Waals surface area (Å²) in [5.41, 5.74) is 2.16. The summed E-state index contributed by atoms with van der Waals surface area (Å²) in [5, 5.41) is 2.86. The summed E-state index contributed by atoms with van der Waals surface area (Å²) in [6, 6.07) is 20.3. The van der Waals surface area contributed by atoms with Gasteiger partial charge in [-0.25, -0.2) is 4.98 Å². The topological polar surface area (TPSA) is 77.5 Å². The molecule has 0 aliphatic carbocycles. The maximum absolute atomic E-state index is 6.66. The van der Waals surface area contributed by atoms with Gasteiger partial charge in [0.2, 0.25) is 0 Å². The van der Waals surface area contributed by atoms with E-state index in [2.05, 4.69) is 29.2 Å². The number of hydrogen-bond acceptors (Lipinski definition) is 9. The van der Waals surface area contributed by atoms with Crippen LogP contribution >= 0.6 is 11.3 Å². The first-order valence-electron chi connectivity index (χ1n) is 13.8. The molecule has 0 unspecified atom stereocenters. The molecule has 7 atom stereocenters. The van der Waals surface area contributed by atoms with Crippen LogP contribution in [-0.4, -0.2) is 53.4 Å². The van der Waals surface area contributed by atoms with Gasteiger partial charge in [0, 0.05) is 18.0 Å². The molecule has 0 radical (unpaired) electrons. The summed E-state index contributed by atoms with van der Waals surface area (Å²) in [6.45, 7) is 8.47. The monoisotopic (exact) mass is 567 g/mol. The highest BCUT2D eigenvalue weighted by Gasteiger charge is 2.62. The Kier molecular flexibility index (Phi) is 8.09. The lowest BCUT2D eigenvalue weighted by Gasteiger charge is -2.41. The third-order valence-corrected chi connectivity index (χ3v) is 8.20. The molecule has 4 heterocycles. The van der Waals surface area contributed by atoms with Gasteiger partial charge in [-0.3, -0.25) is 0 Å². The fourth-order valence-corrected chi connectivity index (χ4v) is 6.33. The minimum atomic E-state index is -0.801. The van der Waals surface area contributed by atoms with Crippen molar-refractivity contribution >= 4 is 11.3 Å². The molecule has 0 saturated carbocycles. The largest absolute Gasteiger partial charge is 0.371 e. The van der Waals surface area contributed by atoms with E-state index < -0.39 is 42.3 Å². The fraction of sp³-hybridized carbons (Fsp3) is 0.516. The standard InChI is InChI=1S/C31H37NO7S/c1-30(2)36-25-24(35-29-27(26(25)37-30)38-31(3,4)39-29)22(33-18-20-11-7-5-8-12-20)17-23(28-32-15-16-40-28)34-19-21-13-9-6-10-14-21/h5-16,22-27,29H,17-19H2,1-4H3/t22-,23+,24-,25+,26+,27-,29-/m1/s1. The molecule has 3 aromatic rings. The SMILES string of the molecule is CC1(C)O[C@@H]2[C@H](O1)[C@H]1OC(C)(C)O[C@H]1O[C@@H]2[C@@H](C[C@H](OCc1ccccc1)c1nccs1)OCc1ccccc1. The van der Waals surface area contributed by atoms with Crippen LogP contribution in [0.5, 0.6) is 0 Å². The highest BCUT2D eigenvalue weighted by molar-refractivity contribution is 7.09. The Hall–Kier alpha value is -2.21. The van der Waals surface area contributed by atoms with Crippen LogP contribution in [0.25, 0.3) is 0 Å². The van der Waals surface area contributed by atoms with Crippen molar-refractivity contribution < 1.29 is 33.2 Å². The third-order valence-electron chi connectivity index (χ3n) is 7.33. The number of benzene rings is 2. The fourth-order valence-electron chi connectivity index (χ4n) is 5.63. The number of hydrogen-bond donors (Lipinski definition) is 0.